The van der Waals surface area contributed by atoms with Crippen molar-refractivity contribution in [3.8, 4) is 5.69 Å². The standard InChI is InChI=1S/C14H19N3/c1-4-14(15)12-5-7-13(8-6-12)17-11(3)9-10(2)16-17/h5-9,14H,4,15H2,1-3H3. The molecule has 1 unspecified atom stereocenters. The van der Waals surface area contributed by atoms with Gasteiger partial charge in [-0.05, 0) is 44.0 Å². The van der Waals surface area contributed by atoms with Crippen molar-refractivity contribution in [2.24, 2.45) is 5.73 Å². The van der Waals surface area contributed by atoms with Gasteiger partial charge in [0, 0.05) is 11.7 Å². The summed E-state index contributed by atoms with van der Waals surface area (Å²) in [5.74, 6) is 0. The zero-order valence-corrected chi connectivity index (χ0v) is 10.6. The van der Waals surface area contributed by atoms with Gasteiger partial charge in [-0.25, -0.2) is 4.68 Å². The third kappa shape index (κ3) is 2.39. The number of hydrogen-bond donors (Lipinski definition) is 1. The number of rotatable bonds is 3. The Kier molecular flexibility index (Phi) is 3.29. The van der Waals surface area contributed by atoms with Crippen LogP contribution in [-0.4, -0.2) is 9.78 Å². The molecular formula is C14H19N3. The molecule has 0 bridgehead atoms. The predicted molar refractivity (Wildman–Crippen MR) is 70.3 cm³/mol. The van der Waals surface area contributed by atoms with Crippen LogP contribution in [0.4, 0.5) is 0 Å². The smallest absolute Gasteiger partial charge is 0.0648 e. The summed E-state index contributed by atoms with van der Waals surface area (Å²) in [6, 6.07) is 10.5. The van der Waals surface area contributed by atoms with Crippen LogP contribution in [-0.2, 0) is 0 Å². The molecule has 3 heteroatoms. The average molecular weight is 229 g/mol. The minimum Gasteiger partial charge on any atom is -0.324 e. The molecule has 2 aromatic rings. The molecule has 1 atom stereocenters. The lowest BCUT2D eigenvalue weighted by atomic mass is 10.1. The van der Waals surface area contributed by atoms with Gasteiger partial charge in [0.25, 0.3) is 0 Å². The molecule has 90 valence electrons. The van der Waals surface area contributed by atoms with Crippen LogP contribution in [0.15, 0.2) is 30.3 Å². The van der Waals surface area contributed by atoms with Gasteiger partial charge in [-0.2, -0.15) is 5.10 Å². The third-order valence-corrected chi connectivity index (χ3v) is 3.02. The number of nitrogens with zero attached hydrogens (tertiary/aromatic N) is 2. The molecular weight excluding hydrogens is 210 g/mol. The number of aryl methyl sites for hydroxylation is 2. The second kappa shape index (κ2) is 4.72. The first-order chi connectivity index (χ1) is 8.11. The van der Waals surface area contributed by atoms with E-state index in [4.69, 9.17) is 5.73 Å². The van der Waals surface area contributed by atoms with Crippen LogP contribution >= 0.6 is 0 Å². The summed E-state index contributed by atoms with van der Waals surface area (Å²) < 4.78 is 1.95. The van der Waals surface area contributed by atoms with Gasteiger partial charge in [-0.15, -0.1) is 0 Å². The van der Waals surface area contributed by atoms with E-state index < -0.39 is 0 Å². The molecule has 1 aromatic heterocycles. The molecule has 0 amide bonds. The molecule has 0 spiro atoms. The molecule has 0 aliphatic rings. The first-order valence-electron chi connectivity index (χ1n) is 6.01. The maximum Gasteiger partial charge on any atom is 0.0648 e. The molecule has 1 heterocycles. The van der Waals surface area contributed by atoms with Gasteiger partial charge >= 0.3 is 0 Å². The second-order valence-electron chi connectivity index (χ2n) is 4.45. The van der Waals surface area contributed by atoms with Crippen LogP contribution in [0.3, 0.4) is 0 Å². The molecule has 3 nitrogen and oxygen atoms in total. The maximum absolute atomic E-state index is 5.99. The zero-order chi connectivity index (χ0) is 12.4. The number of benzene rings is 1. The molecule has 2 rings (SSSR count). The summed E-state index contributed by atoms with van der Waals surface area (Å²) in [4.78, 5) is 0. The van der Waals surface area contributed by atoms with Crippen molar-refractivity contribution in [2.75, 3.05) is 0 Å². The quantitative estimate of drug-likeness (QED) is 0.879. The Morgan fingerprint density at radius 1 is 1.24 bits per heavy atom. The lowest BCUT2D eigenvalue weighted by Crippen LogP contribution is -2.08. The van der Waals surface area contributed by atoms with Gasteiger partial charge in [0.05, 0.1) is 11.4 Å². The second-order valence-corrected chi connectivity index (χ2v) is 4.45. The van der Waals surface area contributed by atoms with Gasteiger partial charge < -0.3 is 5.73 Å². The van der Waals surface area contributed by atoms with E-state index in [1.807, 2.05) is 11.6 Å². The highest BCUT2D eigenvalue weighted by molar-refractivity contribution is 5.36. The third-order valence-electron chi connectivity index (χ3n) is 3.02. The maximum atomic E-state index is 5.99. The van der Waals surface area contributed by atoms with E-state index in [0.717, 1.165) is 23.5 Å². The van der Waals surface area contributed by atoms with Crippen molar-refractivity contribution in [3.05, 3.63) is 47.3 Å². The molecule has 0 aliphatic carbocycles. The summed E-state index contributed by atoms with van der Waals surface area (Å²) in [6.45, 7) is 6.16. The van der Waals surface area contributed by atoms with E-state index in [1.165, 1.54) is 5.56 Å². The van der Waals surface area contributed by atoms with Crippen molar-refractivity contribution in [3.63, 3.8) is 0 Å². The Balaban J connectivity index is 2.32. The first-order valence-corrected chi connectivity index (χ1v) is 6.01. The Morgan fingerprint density at radius 2 is 1.88 bits per heavy atom. The fourth-order valence-corrected chi connectivity index (χ4v) is 1.99. The van der Waals surface area contributed by atoms with Crippen molar-refractivity contribution in [1.82, 2.24) is 9.78 Å². The van der Waals surface area contributed by atoms with Crippen molar-refractivity contribution in [1.29, 1.82) is 0 Å². The molecule has 0 saturated heterocycles. The minimum absolute atomic E-state index is 0.129. The van der Waals surface area contributed by atoms with Crippen LogP contribution < -0.4 is 5.73 Å². The van der Waals surface area contributed by atoms with Crippen LogP contribution in [0, 0.1) is 13.8 Å². The Hall–Kier alpha value is -1.61. The topological polar surface area (TPSA) is 43.8 Å². The lowest BCUT2D eigenvalue weighted by molar-refractivity contribution is 0.698. The van der Waals surface area contributed by atoms with E-state index in [9.17, 15) is 0 Å². The first kappa shape index (κ1) is 11.9. The minimum atomic E-state index is 0.129. The SMILES string of the molecule is CCC(N)c1ccc(-n2nc(C)cc2C)cc1. The summed E-state index contributed by atoms with van der Waals surface area (Å²) >= 11 is 0. The summed E-state index contributed by atoms with van der Waals surface area (Å²) in [5.41, 5.74) is 10.4. The van der Waals surface area contributed by atoms with E-state index in [-0.39, 0.29) is 6.04 Å². The summed E-state index contributed by atoms with van der Waals surface area (Å²) in [5, 5.41) is 4.46. The lowest BCUT2D eigenvalue weighted by Gasteiger charge is -2.10. The molecule has 1 aromatic carbocycles. The van der Waals surface area contributed by atoms with Gasteiger partial charge in [0.1, 0.15) is 0 Å². The van der Waals surface area contributed by atoms with Crippen LogP contribution in [0.5, 0.6) is 0 Å². The largest absolute Gasteiger partial charge is 0.324 e. The van der Waals surface area contributed by atoms with Crippen LogP contribution in [0.2, 0.25) is 0 Å². The molecule has 2 N–H and O–H groups in total. The number of aromatic nitrogens is 2. The molecule has 0 fully saturated rings. The van der Waals surface area contributed by atoms with Gasteiger partial charge in [0.15, 0.2) is 0 Å². The average Bonchev–Trinajstić information content (AvgIpc) is 2.68. The predicted octanol–water partition coefficient (Wildman–Crippen LogP) is 2.90. The highest BCUT2D eigenvalue weighted by atomic mass is 15.3. The van der Waals surface area contributed by atoms with E-state index in [1.54, 1.807) is 0 Å². The number of hydrogen-bond acceptors (Lipinski definition) is 2. The van der Waals surface area contributed by atoms with E-state index >= 15 is 0 Å². The van der Waals surface area contributed by atoms with Crippen LogP contribution in [0.1, 0.15) is 36.3 Å². The van der Waals surface area contributed by atoms with Crippen molar-refractivity contribution in [2.45, 2.75) is 33.2 Å². The highest BCUT2D eigenvalue weighted by Gasteiger charge is 2.06. The van der Waals surface area contributed by atoms with E-state index in [2.05, 4.69) is 49.3 Å². The molecule has 0 aliphatic heterocycles. The van der Waals surface area contributed by atoms with Gasteiger partial charge in [0.2, 0.25) is 0 Å². The fourth-order valence-electron chi connectivity index (χ4n) is 1.99. The number of nitrogens with two attached hydrogens (primary N) is 1. The fraction of sp³-hybridized carbons (Fsp3) is 0.357. The monoisotopic (exact) mass is 229 g/mol. The highest BCUT2D eigenvalue weighted by Crippen LogP contribution is 2.17. The van der Waals surface area contributed by atoms with Gasteiger partial charge in [-0.1, -0.05) is 19.1 Å². The van der Waals surface area contributed by atoms with Crippen molar-refractivity contribution < 1.29 is 0 Å². The summed E-state index contributed by atoms with van der Waals surface area (Å²) in [6.07, 6.45) is 0.958. The van der Waals surface area contributed by atoms with E-state index in [0.29, 0.717) is 0 Å². The molecule has 0 saturated carbocycles. The normalized spacial score (nSPS) is 12.7. The molecule has 17 heavy (non-hydrogen) atoms. The molecule has 0 radical (unpaired) electrons. The Labute approximate surface area is 102 Å². The Morgan fingerprint density at radius 3 is 2.35 bits per heavy atom. The van der Waals surface area contributed by atoms with Crippen molar-refractivity contribution >= 4 is 0 Å². The van der Waals surface area contributed by atoms with Gasteiger partial charge in [-0.3, -0.25) is 0 Å². The zero-order valence-electron chi connectivity index (χ0n) is 10.6. The summed E-state index contributed by atoms with van der Waals surface area (Å²) in [7, 11) is 0. The Bertz CT molecular complexity index is 497. The van der Waals surface area contributed by atoms with Crippen LogP contribution in [0.25, 0.3) is 5.69 Å².